The average molecular weight is 279 g/mol. The third-order valence-corrected chi connectivity index (χ3v) is 3.05. The summed E-state index contributed by atoms with van der Waals surface area (Å²) < 4.78 is 5.66. The molecule has 1 aromatic carbocycles. The maximum absolute atomic E-state index is 10.5. The van der Waals surface area contributed by atoms with E-state index < -0.39 is 5.97 Å². The van der Waals surface area contributed by atoms with Gasteiger partial charge in [-0.25, -0.2) is 0 Å². The highest BCUT2D eigenvalue weighted by atomic mass is 16.5. The van der Waals surface area contributed by atoms with E-state index in [9.17, 15) is 4.79 Å². The quantitative estimate of drug-likeness (QED) is 0.755. The summed E-state index contributed by atoms with van der Waals surface area (Å²) in [6, 6.07) is 8.01. The molecule has 0 fully saturated rings. The van der Waals surface area contributed by atoms with Gasteiger partial charge in [0.15, 0.2) is 0 Å². The molecule has 0 amide bonds. The van der Waals surface area contributed by atoms with Crippen LogP contribution in [0.1, 0.15) is 32.3 Å². The van der Waals surface area contributed by atoms with Crippen molar-refractivity contribution in [3.8, 4) is 5.75 Å². The van der Waals surface area contributed by atoms with Gasteiger partial charge in [-0.15, -0.1) is 0 Å². The summed E-state index contributed by atoms with van der Waals surface area (Å²) in [6.07, 6.45) is 1.23. The zero-order valence-electron chi connectivity index (χ0n) is 12.6. The molecule has 1 N–H and O–H groups in total. The molecule has 0 atom stereocenters. The van der Waals surface area contributed by atoms with Gasteiger partial charge in [-0.2, -0.15) is 0 Å². The van der Waals surface area contributed by atoms with E-state index in [0.717, 1.165) is 30.9 Å². The molecule has 112 valence electrons. The molecule has 4 heteroatoms. The van der Waals surface area contributed by atoms with Crippen molar-refractivity contribution < 1.29 is 14.6 Å². The Hall–Kier alpha value is -1.55. The number of aliphatic carboxylic acids is 1. The molecular formula is C16H25NO3. The van der Waals surface area contributed by atoms with Crippen molar-refractivity contribution in [2.24, 2.45) is 5.92 Å². The van der Waals surface area contributed by atoms with Crippen LogP contribution in [0.4, 0.5) is 0 Å². The maximum Gasteiger partial charge on any atom is 0.304 e. The second-order valence-corrected chi connectivity index (χ2v) is 5.56. The van der Waals surface area contributed by atoms with Gasteiger partial charge < -0.3 is 14.7 Å². The van der Waals surface area contributed by atoms with Crippen molar-refractivity contribution in [3.63, 3.8) is 0 Å². The largest absolute Gasteiger partial charge is 0.494 e. The Morgan fingerprint density at radius 3 is 2.50 bits per heavy atom. The molecule has 4 nitrogen and oxygen atoms in total. The summed E-state index contributed by atoms with van der Waals surface area (Å²) in [4.78, 5) is 12.5. The summed E-state index contributed by atoms with van der Waals surface area (Å²) >= 11 is 0. The van der Waals surface area contributed by atoms with Gasteiger partial charge >= 0.3 is 5.97 Å². The minimum atomic E-state index is -0.759. The molecule has 0 aliphatic heterocycles. The summed E-state index contributed by atoms with van der Waals surface area (Å²) in [5.74, 6) is 0.783. The van der Waals surface area contributed by atoms with Gasteiger partial charge in [0.05, 0.1) is 13.0 Å². The molecule has 0 radical (unpaired) electrons. The molecule has 0 aliphatic carbocycles. The number of hydrogen-bond acceptors (Lipinski definition) is 3. The van der Waals surface area contributed by atoms with Crippen LogP contribution < -0.4 is 4.74 Å². The smallest absolute Gasteiger partial charge is 0.304 e. The third kappa shape index (κ3) is 7.14. The lowest BCUT2D eigenvalue weighted by atomic mass is 10.1. The van der Waals surface area contributed by atoms with Gasteiger partial charge in [0.25, 0.3) is 0 Å². The number of carboxylic acid groups (broad SMARTS) is 1. The van der Waals surface area contributed by atoms with E-state index in [2.05, 4.69) is 13.8 Å². The lowest BCUT2D eigenvalue weighted by Gasteiger charge is -2.15. The highest BCUT2D eigenvalue weighted by Gasteiger charge is 2.04. The first-order valence-corrected chi connectivity index (χ1v) is 7.09. The molecule has 20 heavy (non-hydrogen) atoms. The van der Waals surface area contributed by atoms with Gasteiger partial charge in [-0.3, -0.25) is 4.79 Å². The Morgan fingerprint density at radius 1 is 1.30 bits per heavy atom. The summed E-state index contributed by atoms with van der Waals surface area (Å²) in [6.45, 7) is 6.41. The first kappa shape index (κ1) is 16.5. The first-order chi connectivity index (χ1) is 9.47. The monoisotopic (exact) mass is 279 g/mol. The van der Waals surface area contributed by atoms with E-state index in [1.807, 2.05) is 36.2 Å². The van der Waals surface area contributed by atoms with Gasteiger partial charge in [-0.05, 0) is 37.1 Å². The van der Waals surface area contributed by atoms with Crippen molar-refractivity contribution >= 4 is 5.97 Å². The molecule has 0 heterocycles. The zero-order valence-corrected chi connectivity index (χ0v) is 12.6. The number of rotatable bonds is 9. The predicted molar refractivity (Wildman–Crippen MR) is 80.0 cm³/mol. The fourth-order valence-electron chi connectivity index (χ4n) is 1.78. The number of carboxylic acids is 1. The Kier molecular flexibility index (Phi) is 7.09. The Balaban J connectivity index is 2.36. The van der Waals surface area contributed by atoms with Crippen molar-refractivity contribution in [2.45, 2.75) is 33.2 Å². The van der Waals surface area contributed by atoms with Crippen LogP contribution in [0.15, 0.2) is 24.3 Å². The van der Waals surface area contributed by atoms with E-state index in [-0.39, 0.29) is 6.42 Å². The van der Waals surface area contributed by atoms with Crippen LogP contribution >= 0.6 is 0 Å². The van der Waals surface area contributed by atoms with Crippen LogP contribution in [0, 0.1) is 5.92 Å². The highest BCUT2D eigenvalue weighted by Crippen LogP contribution is 2.14. The number of nitrogens with zero attached hydrogens (tertiary/aromatic N) is 1. The van der Waals surface area contributed by atoms with E-state index in [1.54, 1.807) is 0 Å². The van der Waals surface area contributed by atoms with Crippen molar-refractivity contribution in [1.82, 2.24) is 4.90 Å². The van der Waals surface area contributed by atoms with Crippen LogP contribution in [-0.2, 0) is 11.3 Å². The normalized spacial score (nSPS) is 11.1. The summed E-state index contributed by atoms with van der Waals surface area (Å²) in [5.41, 5.74) is 1.16. The molecule has 0 saturated carbocycles. The van der Waals surface area contributed by atoms with Crippen LogP contribution in [0.25, 0.3) is 0 Å². The Labute approximate surface area is 121 Å². The van der Waals surface area contributed by atoms with Gasteiger partial charge in [0.2, 0.25) is 0 Å². The second kappa shape index (κ2) is 8.59. The SMILES string of the molecule is CC(C)CCOc1ccc(CN(C)CCC(=O)O)cc1. The minimum absolute atomic E-state index is 0.174. The molecule has 0 bridgehead atoms. The van der Waals surface area contributed by atoms with Crippen LogP contribution in [0.2, 0.25) is 0 Å². The lowest BCUT2D eigenvalue weighted by Crippen LogP contribution is -2.21. The minimum Gasteiger partial charge on any atom is -0.494 e. The van der Waals surface area contributed by atoms with Gasteiger partial charge in [-0.1, -0.05) is 26.0 Å². The molecule has 0 aromatic heterocycles. The van der Waals surface area contributed by atoms with Crippen molar-refractivity contribution in [1.29, 1.82) is 0 Å². The van der Waals surface area contributed by atoms with Crippen LogP contribution in [0.5, 0.6) is 5.75 Å². The Morgan fingerprint density at radius 2 is 1.95 bits per heavy atom. The second-order valence-electron chi connectivity index (χ2n) is 5.56. The number of benzene rings is 1. The van der Waals surface area contributed by atoms with Crippen molar-refractivity contribution in [3.05, 3.63) is 29.8 Å². The Bertz CT molecular complexity index is 401. The van der Waals surface area contributed by atoms with E-state index in [0.29, 0.717) is 12.5 Å². The standard InChI is InChI=1S/C16H25NO3/c1-13(2)9-11-20-15-6-4-14(5-7-15)12-17(3)10-8-16(18)19/h4-7,13H,8-12H2,1-3H3,(H,18,19). The molecule has 1 aromatic rings. The lowest BCUT2D eigenvalue weighted by molar-refractivity contribution is -0.137. The summed E-state index contributed by atoms with van der Waals surface area (Å²) in [5, 5.41) is 8.64. The fourth-order valence-corrected chi connectivity index (χ4v) is 1.78. The molecular weight excluding hydrogens is 254 g/mol. The van der Waals surface area contributed by atoms with E-state index in [1.165, 1.54) is 0 Å². The average Bonchev–Trinajstić information content (AvgIpc) is 2.38. The predicted octanol–water partition coefficient (Wildman–Crippen LogP) is 3.02. The molecule has 0 unspecified atom stereocenters. The first-order valence-electron chi connectivity index (χ1n) is 7.09. The highest BCUT2D eigenvalue weighted by molar-refractivity contribution is 5.66. The molecule has 0 spiro atoms. The van der Waals surface area contributed by atoms with Crippen molar-refractivity contribution in [2.75, 3.05) is 20.2 Å². The third-order valence-electron chi connectivity index (χ3n) is 3.05. The number of ether oxygens (including phenoxy) is 1. The van der Waals surface area contributed by atoms with Crippen LogP contribution in [-0.4, -0.2) is 36.2 Å². The van der Waals surface area contributed by atoms with E-state index >= 15 is 0 Å². The van der Waals surface area contributed by atoms with Gasteiger partial charge in [0.1, 0.15) is 5.75 Å². The zero-order chi connectivity index (χ0) is 15.0. The molecule has 0 aliphatic rings. The molecule has 1 rings (SSSR count). The molecule has 0 saturated heterocycles. The maximum atomic E-state index is 10.5. The number of hydrogen-bond donors (Lipinski definition) is 1. The van der Waals surface area contributed by atoms with Gasteiger partial charge in [0, 0.05) is 13.1 Å². The summed E-state index contributed by atoms with van der Waals surface area (Å²) in [7, 11) is 1.93. The van der Waals surface area contributed by atoms with E-state index in [4.69, 9.17) is 9.84 Å². The number of carbonyl (C=O) groups is 1. The topological polar surface area (TPSA) is 49.8 Å². The van der Waals surface area contributed by atoms with Crippen LogP contribution in [0.3, 0.4) is 0 Å². The fraction of sp³-hybridized carbons (Fsp3) is 0.562.